The molecule has 3 rings (SSSR count). The van der Waals surface area contributed by atoms with Crippen molar-refractivity contribution in [2.75, 3.05) is 0 Å². The maximum atomic E-state index is 13.4. The number of halogens is 1. The first kappa shape index (κ1) is 13.0. The molecule has 2 bridgehead atoms. The fourth-order valence-electron chi connectivity index (χ4n) is 4.05. The van der Waals surface area contributed by atoms with Crippen LogP contribution >= 0.6 is 0 Å². The first-order valence-corrected chi connectivity index (χ1v) is 6.88. The minimum Gasteiger partial charge on any atom is -0.258 e. The van der Waals surface area contributed by atoms with E-state index in [-0.39, 0.29) is 5.69 Å². The maximum absolute atomic E-state index is 13.4. The van der Waals surface area contributed by atoms with Gasteiger partial charge in [0.15, 0.2) is 0 Å². The number of fused-ring (bicyclic) bond motifs is 2. The van der Waals surface area contributed by atoms with Crippen LogP contribution in [0.4, 0.5) is 10.1 Å². The van der Waals surface area contributed by atoms with Crippen LogP contribution in [0.5, 0.6) is 0 Å². The van der Waals surface area contributed by atoms with Gasteiger partial charge in [0.25, 0.3) is 5.69 Å². The Morgan fingerprint density at radius 1 is 1.50 bits per heavy atom. The monoisotopic (exact) mass is 274 g/mol. The zero-order chi connectivity index (χ0) is 14.3. The Kier molecular flexibility index (Phi) is 2.97. The Bertz CT molecular complexity index is 610. The van der Waals surface area contributed by atoms with Gasteiger partial charge in [-0.15, -0.1) is 0 Å². The number of nitrogens with zero attached hydrogens (tertiary/aromatic N) is 2. The number of nitriles is 1. The molecule has 0 radical (unpaired) electrons. The van der Waals surface area contributed by atoms with Crippen molar-refractivity contribution in [1.29, 1.82) is 5.26 Å². The van der Waals surface area contributed by atoms with E-state index in [0.29, 0.717) is 23.8 Å². The zero-order valence-electron chi connectivity index (χ0n) is 11.0. The van der Waals surface area contributed by atoms with Crippen molar-refractivity contribution in [2.24, 2.45) is 17.3 Å². The predicted octanol–water partition coefficient (Wildman–Crippen LogP) is 3.61. The minimum absolute atomic E-state index is 0.0798. The van der Waals surface area contributed by atoms with Crippen LogP contribution in [0.1, 0.15) is 31.2 Å². The van der Waals surface area contributed by atoms with Gasteiger partial charge in [-0.1, -0.05) is 6.42 Å². The standard InChI is InChI=1S/C15H15FN2O2/c16-13-3-4-14(18(19)20)11(6-13)8-15(9-17)7-10-1-2-12(15)5-10/h3-4,6,10,12H,1-2,5,7-8H2. The fourth-order valence-corrected chi connectivity index (χ4v) is 4.05. The number of hydrogen-bond acceptors (Lipinski definition) is 3. The fraction of sp³-hybridized carbons (Fsp3) is 0.533. The molecule has 3 unspecified atom stereocenters. The van der Waals surface area contributed by atoms with Gasteiger partial charge in [-0.3, -0.25) is 10.1 Å². The molecule has 0 saturated heterocycles. The van der Waals surface area contributed by atoms with Crippen molar-refractivity contribution < 1.29 is 9.31 Å². The van der Waals surface area contributed by atoms with Gasteiger partial charge in [0.1, 0.15) is 5.82 Å². The smallest absolute Gasteiger partial charge is 0.258 e. The molecule has 0 aromatic heterocycles. The lowest BCUT2D eigenvalue weighted by atomic mass is 9.70. The third kappa shape index (κ3) is 1.96. The molecule has 104 valence electrons. The topological polar surface area (TPSA) is 66.9 Å². The van der Waals surface area contributed by atoms with Gasteiger partial charge in [-0.25, -0.2) is 4.39 Å². The van der Waals surface area contributed by atoms with Crippen LogP contribution in [0, 0.1) is 44.5 Å². The van der Waals surface area contributed by atoms with Crippen LogP contribution in [0.25, 0.3) is 0 Å². The van der Waals surface area contributed by atoms with E-state index in [1.54, 1.807) is 0 Å². The molecule has 0 amide bonds. The predicted molar refractivity (Wildman–Crippen MR) is 70.3 cm³/mol. The molecule has 0 N–H and O–H groups in total. The number of nitro benzene ring substituents is 1. The Balaban J connectivity index is 1.96. The highest BCUT2D eigenvalue weighted by Crippen LogP contribution is 2.57. The first-order valence-electron chi connectivity index (χ1n) is 6.88. The van der Waals surface area contributed by atoms with E-state index in [0.717, 1.165) is 31.7 Å². The highest BCUT2D eigenvalue weighted by molar-refractivity contribution is 5.42. The second-order valence-corrected chi connectivity index (χ2v) is 6.05. The molecule has 3 atom stereocenters. The number of benzene rings is 1. The second kappa shape index (κ2) is 4.55. The highest BCUT2D eigenvalue weighted by atomic mass is 19.1. The van der Waals surface area contributed by atoms with Gasteiger partial charge >= 0.3 is 0 Å². The summed E-state index contributed by atoms with van der Waals surface area (Å²) in [5.74, 6) is 0.384. The van der Waals surface area contributed by atoms with E-state index < -0.39 is 16.2 Å². The van der Waals surface area contributed by atoms with Crippen LogP contribution in [0.3, 0.4) is 0 Å². The molecule has 0 aliphatic heterocycles. The van der Waals surface area contributed by atoms with E-state index in [1.165, 1.54) is 12.1 Å². The number of rotatable bonds is 3. The quantitative estimate of drug-likeness (QED) is 0.624. The average Bonchev–Trinajstić information content (AvgIpc) is 2.99. The lowest BCUT2D eigenvalue weighted by Crippen LogP contribution is -2.28. The summed E-state index contributed by atoms with van der Waals surface area (Å²) in [6, 6.07) is 5.91. The van der Waals surface area contributed by atoms with Crippen molar-refractivity contribution in [1.82, 2.24) is 0 Å². The Morgan fingerprint density at radius 2 is 2.30 bits per heavy atom. The third-order valence-corrected chi connectivity index (χ3v) is 4.94. The summed E-state index contributed by atoms with van der Waals surface area (Å²) in [4.78, 5) is 10.6. The van der Waals surface area contributed by atoms with Crippen LogP contribution in [-0.4, -0.2) is 4.92 Å². The molecule has 2 saturated carbocycles. The molecule has 4 nitrogen and oxygen atoms in total. The first-order chi connectivity index (χ1) is 9.54. The number of nitro groups is 1. The van der Waals surface area contributed by atoms with Gasteiger partial charge in [-0.2, -0.15) is 5.26 Å². The summed E-state index contributed by atoms with van der Waals surface area (Å²) in [5, 5.41) is 20.6. The lowest BCUT2D eigenvalue weighted by Gasteiger charge is -2.30. The van der Waals surface area contributed by atoms with Gasteiger partial charge in [0.2, 0.25) is 0 Å². The summed E-state index contributed by atoms with van der Waals surface area (Å²) >= 11 is 0. The van der Waals surface area contributed by atoms with E-state index >= 15 is 0 Å². The summed E-state index contributed by atoms with van der Waals surface area (Å²) in [6.45, 7) is 0. The summed E-state index contributed by atoms with van der Waals surface area (Å²) in [6.07, 6.45) is 4.29. The van der Waals surface area contributed by atoms with E-state index in [9.17, 15) is 19.8 Å². The second-order valence-electron chi connectivity index (χ2n) is 6.05. The average molecular weight is 274 g/mol. The Labute approximate surface area is 116 Å². The molecular weight excluding hydrogens is 259 g/mol. The van der Waals surface area contributed by atoms with Crippen LogP contribution in [0.15, 0.2) is 18.2 Å². The van der Waals surface area contributed by atoms with Crippen LogP contribution < -0.4 is 0 Å². The SMILES string of the molecule is N#CC1(Cc2cc(F)ccc2[N+](=O)[O-])CC2CCC1C2. The molecule has 1 aromatic carbocycles. The van der Waals surface area contributed by atoms with Crippen molar-refractivity contribution in [3.8, 4) is 6.07 Å². The molecule has 2 fully saturated rings. The van der Waals surface area contributed by atoms with Crippen molar-refractivity contribution >= 4 is 5.69 Å². The van der Waals surface area contributed by atoms with Crippen molar-refractivity contribution in [3.63, 3.8) is 0 Å². The third-order valence-electron chi connectivity index (χ3n) is 4.94. The Hall–Kier alpha value is -1.96. The van der Waals surface area contributed by atoms with Gasteiger partial charge in [-0.05, 0) is 49.7 Å². The largest absolute Gasteiger partial charge is 0.272 e. The minimum atomic E-state index is -0.540. The van der Waals surface area contributed by atoms with Crippen molar-refractivity contribution in [3.05, 3.63) is 39.7 Å². The molecular formula is C15H15FN2O2. The zero-order valence-corrected chi connectivity index (χ0v) is 11.0. The van der Waals surface area contributed by atoms with Crippen LogP contribution in [-0.2, 0) is 6.42 Å². The Morgan fingerprint density at radius 3 is 2.85 bits per heavy atom. The van der Waals surface area contributed by atoms with E-state index in [2.05, 4.69) is 6.07 Å². The highest BCUT2D eigenvalue weighted by Gasteiger charge is 2.51. The van der Waals surface area contributed by atoms with Crippen LogP contribution in [0.2, 0.25) is 0 Å². The molecule has 0 heterocycles. The molecule has 1 aromatic rings. The van der Waals surface area contributed by atoms with Gasteiger partial charge < -0.3 is 0 Å². The number of hydrogen-bond donors (Lipinski definition) is 0. The molecule has 0 spiro atoms. The van der Waals surface area contributed by atoms with Gasteiger partial charge in [0, 0.05) is 11.6 Å². The maximum Gasteiger partial charge on any atom is 0.272 e. The van der Waals surface area contributed by atoms with E-state index in [1.807, 2.05) is 0 Å². The molecule has 5 heteroatoms. The molecule has 2 aliphatic rings. The molecule has 20 heavy (non-hydrogen) atoms. The summed E-state index contributed by atoms with van der Waals surface area (Å²) in [5.41, 5.74) is -0.269. The summed E-state index contributed by atoms with van der Waals surface area (Å²) < 4.78 is 13.4. The normalized spacial score (nSPS) is 31.2. The van der Waals surface area contributed by atoms with Crippen molar-refractivity contribution in [2.45, 2.75) is 32.1 Å². The van der Waals surface area contributed by atoms with Gasteiger partial charge in [0.05, 0.1) is 16.4 Å². The lowest BCUT2D eigenvalue weighted by molar-refractivity contribution is -0.385. The summed E-state index contributed by atoms with van der Waals surface area (Å²) in [7, 11) is 0. The van der Waals surface area contributed by atoms with E-state index in [4.69, 9.17) is 0 Å². The molecule has 2 aliphatic carbocycles.